The molecule has 0 saturated carbocycles. The predicted molar refractivity (Wildman–Crippen MR) is 112 cm³/mol. The van der Waals surface area contributed by atoms with Crippen LogP contribution in [0.5, 0.6) is 0 Å². The zero-order valence-electron chi connectivity index (χ0n) is 17.5. The molecule has 0 atom stereocenters. The van der Waals surface area contributed by atoms with Gasteiger partial charge in [0.25, 0.3) is 5.91 Å². The normalized spacial score (nSPS) is 15.1. The Balaban J connectivity index is 1.68. The molecule has 3 rings (SSSR count). The Bertz CT molecular complexity index is 818. The number of thioether (sulfide) groups is 1. The van der Waals surface area contributed by atoms with Crippen LogP contribution in [-0.4, -0.2) is 62.3 Å². The van der Waals surface area contributed by atoms with Crippen LogP contribution >= 0.6 is 11.8 Å². The molecule has 0 aliphatic carbocycles. The van der Waals surface area contributed by atoms with E-state index in [1.807, 2.05) is 26.0 Å². The number of hydrogen-bond acceptors (Lipinski definition) is 7. The minimum Gasteiger partial charge on any atom is -0.455 e. The average Bonchev–Trinajstić information content (AvgIpc) is 3.16. The number of carbonyl (C=O) groups is 1. The molecule has 0 bridgehead atoms. The molecule has 9 heteroatoms. The van der Waals surface area contributed by atoms with Crippen LogP contribution in [-0.2, 0) is 17.1 Å². The first-order chi connectivity index (χ1) is 13.9. The van der Waals surface area contributed by atoms with Crippen molar-refractivity contribution in [1.82, 2.24) is 15.3 Å². The highest BCUT2D eigenvalue weighted by Gasteiger charge is 2.20. The number of rotatable bonds is 8. The first kappa shape index (κ1) is 21.6. The molecule has 158 valence electrons. The van der Waals surface area contributed by atoms with Gasteiger partial charge in [0.15, 0.2) is 10.9 Å². The lowest BCUT2D eigenvalue weighted by Gasteiger charge is -2.31. The summed E-state index contributed by atoms with van der Waals surface area (Å²) >= 11 is 1.50. The Morgan fingerprint density at radius 3 is 2.79 bits per heavy atom. The van der Waals surface area contributed by atoms with Crippen molar-refractivity contribution >= 4 is 23.5 Å². The maximum atomic E-state index is 12.0. The van der Waals surface area contributed by atoms with Gasteiger partial charge in [0.1, 0.15) is 11.6 Å². The third-order valence-corrected chi connectivity index (χ3v) is 5.50. The zero-order chi connectivity index (χ0) is 20.8. The van der Waals surface area contributed by atoms with Gasteiger partial charge < -0.3 is 24.3 Å². The van der Waals surface area contributed by atoms with Crippen molar-refractivity contribution in [2.75, 3.05) is 45.2 Å². The monoisotopic (exact) mass is 420 g/mol. The lowest BCUT2D eigenvalue weighted by Crippen LogP contribution is -3.12. The lowest BCUT2D eigenvalue weighted by atomic mass is 10.3. The van der Waals surface area contributed by atoms with Crippen molar-refractivity contribution in [3.05, 3.63) is 35.4 Å². The molecule has 1 amide bonds. The number of furan rings is 1. The summed E-state index contributed by atoms with van der Waals surface area (Å²) in [6.45, 7) is 8.43. The van der Waals surface area contributed by atoms with Crippen LogP contribution < -0.4 is 15.1 Å². The molecule has 1 saturated heterocycles. The van der Waals surface area contributed by atoms with Gasteiger partial charge in [-0.2, -0.15) is 0 Å². The maximum Gasteiger partial charge on any atom is 0.287 e. The van der Waals surface area contributed by atoms with E-state index >= 15 is 0 Å². The van der Waals surface area contributed by atoms with Gasteiger partial charge in [0, 0.05) is 19.2 Å². The molecule has 2 aromatic heterocycles. The van der Waals surface area contributed by atoms with Gasteiger partial charge in [0.05, 0.1) is 51.3 Å². The summed E-state index contributed by atoms with van der Waals surface area (Å²) in [6, 6.07) is 5.60. The molecule has 8 nitrogen and oxygen atoms in total. The molecule has 29 heavy (non-hydrogen) atoms. The van der Waals surface area contributed by atoms with E-state index in [1.165, 1.54) is 16.7 Å². The van der Waals surface area contributed by atoms with E-state index in [2.05, 4.69) is 22.2 Å². The van der Waals surface area contributed by atoms with Crippen molar-refractivity contribution in [2.45, 2.75) is 37.4 Å². The van der Waals surface area contributed by atoms with Gasteiger partial charge in [-0.05, 0) is 26.0 Å². The lowest BCUT2D eigenvalue weighted by molar-refractivity contribution is -0.880. The number of nitrogens with zero attached hydrogens (tertiary/aromatic N) is 3. The zero-order valence-corrected chi connectivity index (χ0v) is 18.3. The van der Waals surface area contributed by atoms with Crippen LogP contribution in [0.3, 0.4) is 0 Å². The minimum absolute atomic E-state index is 0.0666. The van der Waals surface area contributed by atoms with E-state index < -0.39 is 0 Å². The number of methoxy groups -OCH3 is 1. The smallest absolute Gasteiger partial charge is 0.287 e. The summed E-state index contributed by atoms with van der Waals surface area (Å²) < 4.78 is 11.0. The number of hydrogen-bond donors (Lipinski definition) is 2. The fourth-order valence-corrected chi connectivity index (χ4v) is 3.84. The van der Waals surface area contributed by atoms with Gasteiger partial charge >= 0.3 is 0 Å². The molecule has 0 unspecified atom stereocenters. The van der Waals surface area contributed by atoms with E-state index in [9.17, 15) is 4.79 Å². The van der Waals surface area contributed by atoms with Crippen LogP contribution in [0, 0.1) is 0 Å². The van der Waals surface area contributed by atoms with Crippen molar-refractivity contribution in [3.8, 4) is 0 Å². The van der Waals surface area contributed by atoms with Crippen LogP contribution in [0.4, 0.5) is 5.82 Å². The largest absolute Gasteiger partial charge is 0.455 e. The molecule has 1 fully saturated rings. The van der Waals surface area contributed by atoms with E-state index in [-0.39, 0.29) is 11.9 Å². The van der Waals surface area contributed by atoms with Crippen LogP contribution in [0.25, 0.3) is 0 Å². The molecular formula is C20H30N5O3S+. The second-order valence-electron chi connectivity index (χ2n) is 7.56. The van der Waals surface area contributed by atoms with Crippen molar-refractivity contribution in [1.29, 1.82) is 0 Å². The highest BCUT2D eigenvalue weighted by molar-refractivity contribution is 7.98. The van der Waals surface area contributed by atoms with Gasteiger partial charge in [-0.1, -0.05) is 11.8 Å². The molecule has 1 aliphatic rings. The second-order valence-corrected chi connectivity index (χ2v) is 8.50. The van der Waals surface area contributed by atoms with Gasteiger partial charge in [-0.3, -0.25) is 4.79 Å². The summed E-state index contributed by atoms with van der Waals surface area (Å²) in [5.41, 5.74) is 0.864. The number of nitrogens with one attached hydrogen (secondary N) is 2. The Morgan fingerprint density at radius 2 is 2.10 bits per heavy atom. The topological polar surface area (TPSA) is 84.9 Å². The number of likely N-dealkylation sites (N-methyl/N-ethyl adjacent to an activating group) is 1. The number of amides is 1. The summed E-state index contributed by atoms with van der Waals surface area (Å²) in [5, 5.41) is 3.51. The Hall–Kier alpha value is -2.10. The second kappa shape index (κ2) is 10.1. The third-order valence-electron chi connectivity index (χ3n) is 4.63. The highest BCUT2D eigenvalue weighted by atomic mass is 32.2. The van der Waals surface area contributed by atoms with Crippen LogP contribution in [0.2, 0.25) is 0 Å². The van der Waals surface area contributed by atoms with Crippen molar-refractivity contribution < 1.29 is 18.8 Å². The number of aromatic nitrogens is 2. The molecule has 3 heterocycles. The third kappa shape index (κ3) is 6.19. The molecular weight excluding hydrogens is 390 g/mol. The molecule has 2 N–H and O–H groups in total. The van der Waals surface area contributed by atoms with Gasteiger partial charge in [-0.25, -0.2) is 9.97 Å². The van der Waals surface area contributed by atoms with Gasteiger partial charge in [-0.15, -0.1) is 0 Å². The van der Waals surface area contributed by atoms with E-state index in [4.69, 9.17) is 14.1 Å². The van der Waals surface area contributed by atoms with Gasteiger partial charge in [0.2, 0.25) is 0 Å². The predicted octanol–water partition coefficient (Wildman–Crippen LogP) is 0.981. The fraction of sp³-hybridized carbons (Fsp3) is 0.550. The van der Waals surface area contributed by atoms with E-state index in [0.717, 1.165) is 43.5 Å². The molecule has 1 aliphatic heterocycles. The van der Waals surface area contributed by atoms with Crippen LogP contribution in [0.15, 0.2) is 27.8 Å². The van der Waals surface area contributed by atoms with Crippen LogP contribution in [0.1, 0.15) is 35.9 Å². The van der Waals surface area contributed by atoms with E-state index in [1.54, 1.807) is 13.2 Å². The summed E-state index contributed by atoms with van der Waals surface area (Å²) in [5.74, 6) is 2.34. The van der Waals surface area contributed by atoms with E-state index in [0.29, 0.717) is 23.3 Å². The number of piperazine rings is 1. The number of carbonyl (C=O) groups excluding carboxylic acids is 1. The molecule has 0 spiro atoms. The highest BCUT2D eigenvalue weighted by Crippen LogP contribution is 2.24. The quantitative estimate of drug-likeness (QED) is 0.486. The molecule has 0 aromatic carbocycles. The number of quaternary nitrogens is 1. The van der Waals surface area contributed by atoms with Crippen molar-refractivity contribution in [3.63, 3.8) is 0 Å². The summed E-state index contributed by atoms with van der Waals surface area (Å²) in [4.78, 5) is 25.2. The fourth-order valence-electron chi connectivity index (χ4n) is 3.07. The molecule has 0 radical (unpaired) electrons. The standard InChI is InChI=1S/C20H29N5O3S/c1-14(2)21-19(26)17-6-5-16(28-17)13-29-20-22-15(12-27-4)11-18(23-20)25-9-7-24(3)8-10-25/h5-6,11,14H,7-10,12-13H2,1-4H3,(H,21,26)/p+1. The first-order valence-corrected chi connectivity index (χ1v) is 10.9. The Labute approximate surface area is 176 Å². The maximum absolute atomic E-state index is 12.0. The number of ether oxygens (including phenoxy) is 1. The summed E-state index contributed by atoms with van der Waals surface area (Å²) in [6.07, 6.45) is 0. The summed E-state index contributed by atoms with van der Waals surface area (Å²) in [7, 11) is 3.88. The SMILES string of the molecule is COCc1cc(N2CC[NH+](C)CC2)nc(SCc2ccc(C(=O)NC(C)C)o2)n1. The average molecular weight is 421 g/mol. The minimum atomic E-state index is -0.200. The Morgan fingerprint density at radius 1 is 1.34 bits per heavy atom. The van der Waals surface area contributed by atoms with Crippen molar-refractivity contribution in [2.24, 2.45) is 0 Å². The Kier molecular flexibility index (Phi) is 7.51. The molecule has 2 aromatic rings. The number of anilines is 1. The first-order valence-electron chi connectivity index (χ1n) is 9.90.